The van der Waals surface area contributed by atoms with E-state index >= 15 is 0 Å². The van der Waals surface area contributed by atoms with Crippen molar-refractivity contribution in [2.24, 2.45) is 0 Å². The summed E-state index contributed by atoms with van der Waals surface area (Å²) >= 11 is 0. The molecular weight excluding hydrogens is 413 g/mol. The minimum absolute atomic E-state index is 0. The zero-order chi connectivity index (χ0) is 21.4. The molecule has 3 unspecified atom stereocenters. The summed E-state index contributed by atoms with van der Waals surface area (Å²) in [5.41, 5.74) is 14.9. The largest absolute Gasteiger partial charge is 0.463 e. The van der Waals surface area contributed by atoms with Crippen LogP contribution >= 0.6 is 7.37 Å². The van der Waals surface area contributed by atoms with Crippen molar-refractivity contribution in [3.05, 3.63) is 30.3 Å². The van der Waals surface area contributed by atoms with E-state index < -0.39 is 19.1 Å². The normalized spacial score (nSPS) is 19.5. The van der Waals surface area contributed by atoms with Crippen molar-refractivity contribution in [2.45, 2.75) is 31.5 Å². The lowest BCUT2D eigenvalue weighted by Gasteiger charge is -2.23. The van der Waals surface area contributed by atoms with E-state index in [9.17, 15) is 14.3 Å². The maximum atomic E-state index is 12.7. The second-order valence-corrected chi connectivity index (χ2v) is 8.60. The summed E-state index contributed by atoms with van der Waals surface area (Å²) in [4.78, 5) is 32.1. The van der Waals surface area contributed by atoms with Gasteiger partial charge in [-0.15, -0.1) is 0 Å². The summed E-state index contributed by atoms with van der Waals surface area (Å²) < 4.78 is 23.2. The number of nitrogen functional groups attached to an aromatic ring is 3. The molecule has 10 N–H and O–H groups in total. The highest BCUT2D eigenvalue weighted by atomic mass is 31.2. The molecule has 3 atom stereocenters. The van der Waals surface area contributed by atoms with Crippen LogP contribution in [-0.4, -0.2) is 50.8 Å². The highest BCUT2D eigenvalue weighted by Gasteiger charge is 2.43. The van der Waals surface area contributed by atoms with E-state index in [0.717, 1.165) is 0 Å². The number of hydrogen-bond donors (Lipinski definition) is 5. The Morgan fingerprint density at radius 2 is 1.70 bits per heavy atom. The number of hydrogen-bond acceptors (Lipinski definition) is 11. The number of aromatic nitrogens is 3. The molecule has 12 nitrogen and oxygen atoms in total. The van der Waals surface area contributed by atoms with Gasteiger partial charge in [-0.05, 0) is 18.6 Å². The van der Waals surface area contributed by atoms with Crippen molar-refractivity contribution in [1.29, 1.82) is 0 Å². The average Bonchev–Trinajstić information content (AvgIpc) is 3.15. The molecular formula is C17H28N7O5P. The lowest BCUT2D eigenvalue weighted by molar-refractivity contribution is -0.146. The van der Waals surface area contributed by atoms with Gasteiger partial charge in [0.05, 0.1) is 5.66 Å². The number of carbonyl (C=O) groups excluding carboxylic acids is 1. The number of benzene rings is 1. The van der Waals surface area contributed by atoms with Gasteiger partial charge in [0.25, 0.3) is 0 Å². The van der Waals surface area contributed by atoms with Crippen LogP contribution in [0.15, 0.2) is 30.3 Å². The van der Waals surface area contributed by atoms with Crippen molar-refractivity contribution < 1.29 is 23.7 Å². The van der Waals surface area contributed by atoms with E-state index in [4.69, 9.17) is 26.7 Å². The number of carbonyl (C=O) groups is 1. The predicted octanol–water partition coefficient (Wildman–Crippen LogP) is 0.473. The van der Waals surface area contributed by atoms with Crippen molar-refractivity contribution >= 4 is 36.5 Å². The van der Waals surface area contributed by atoms with Gasteiger partial charge in [0.1, 0.15) is 12.7 Å². The third-order valence-electron chi connectivity index (χ3n) is 4.13. The molecule has 3 rings (SSSR count). The van der Waals surface area contributed by atoms with Crippen LogP contribution in [0.4, 0.5) is 17.8 Å². The number of rotatable bonds is 5. The number of ether oxygens (including phenoxy) is 2. The lowest BCUT2D eigenvalue weighted by atomic mass is 10.2. The molecule has 0 radical (unpaired) electrons. The summed E-state index contributed by atoms with van der Waals surface area (Å²) in [6.07, 6.45) is 0.269. The fourth-order valence-electron chi connectivity index (χ4n) is 2.73. The fraction of sp³-hybridized carbons (Fsp3) is 0.412. The first-order chi connectivity index (χ1) is 13.7. The van der Waals surface area contributed by atoms with Crippen LogP contribution in [0.5, 0.6) is 0 Å². The minimum Gasteiger partial charge on any atom is -0.463 e. The quantitative estimate of drug-likeness (QED) is 0.315. The van der Waals surface area contributed by atoms with Gasteiger partial charge in [-0.1, -0.05) is 25.1 Å². The van der Waals surface area contributed by atoms with Gasteiger partial charge in [0.2, 0.25) is 25.2 Å². The molecule has 30 heavy (non-hydrogen) atoms. The first-order valence-electron chi connectivity index (χ1n) is 8.91. The first-order valence-corrected chi connectivity index (χ1v) is 10.6. The van der Waals surface area contributed by atoms with Crippen LogP contribution in [0.25, 0.3) is 0 Å². The zero-order valence-electron chi connectivity index (χ0n) is 16.7. The lowest BCUT2D eigenvalue weighted by Crippen LogP contribution is -2.31. The van der Waals surface area contributed by atoms with Crippen molar-refractivity contribution in [3.8, 4) is 0 Å². The van der Waals surface area contributed by atoms with E-state index in [1.807, 2.05) is 0 Å². The fourth-order valence-corrected chi connectivity index (χ4v) is 4.79. The Bertz CT molecular complexity index is 820. The van der Waals surface area contributed by atoms with Gasteiger partial charge in [-0.25, -0.2) is 0 Å². The molecule has 0 spiro atoms. The highest BCUT2D eigenvalue weighted by molar-refractivity contribution is 7.66. The van der Waals surface area contributed by atoms with Crippen LogP contribution in [-0.2, 0) is 18.8 Å². The van der Waals surface area contributed by atoms with Crippen LogP contribution < -0.4 is 28.7 Å². The Hall–Kier alpha value is -2.79. The zero-order valence-corrected chi connectivity index (χ0v) is 17.6. The number of anilines is 3. The minimum atomic E-state index is -3.53. The smallest absolute Gasteiger partial charge is 0.305 e. The summed E-state index contributed by atoms with van der Waals surface area (Å²) in [5, 5.41) is 0.419. The highest BCUT2D eigenvalue weighted by Crippen LogP contribution is 2.50. The maximum Gasteiger partial charge on any atom is 0.305 e. The topological polar surface area (TPSA) is 225 Å². The van der Waals surface area contributed by atoms with Gasteiger partial charge in [-0.2, -0.15) is 15.0 Å². The molecule has 1 aliphatic heterocycles. The van der Waals surface area contributed by atoms with E-state index in [1.165, 1.54) is 0 Å². The third kappa shape index (κ3) is 6.92. The Labute approximate surface area is 174 Å². The summed E-state index contributed by atoms with van der Waals surface area (Å²) in [5.74, 6) is -0.202. The Morgan fingerprint density at radius 3 is 2.20 bits per heavy atom. The molecule has 1 fully saturated rings. The van der Waals surface area contributed by atoms with Crippen LogP contribution in [0.3, 0.4) is 0 Å². The molecule has 0 bridgehead atoms. The van der Waals surface area contributed by atoms with Crippen LogP contribution in [0.1, 0.15) is 19.8 Å². The predicted molar refractivity (Wildman–Crippen MR) is 113 cm³/mol. The Morgan fingerprint density at radius 1 is 1.17 bits per heavy atom. The van der Waals surface area contributed by atoms with E-state index in [-0.39, 0.29) is 43.0 Å². The van der Waals surface area contributed by atoms with E-state index in [1.54, 1.807) is 37.3 Å². The van der Waals surface area contributed by atoms with Crippen molar-refractivity contribution in [3.63, 3.8) is 0 Å². The number of nitrogens with zero attached hydrogens (tertiary/aromatic N) is 3. The first kappa shape index (κ1) is 25.2. The molecule has 1 aromatic heterocycles. The van der Waals surface area contributed by atoms with Gasteiger partial charge in [0, 0.05) is 18.3 Å². The van der Waals surface area contributed by atoms with Gasteiger partial charge >= 0.3 is 5.97 Å². The summed E-state index contributed by atoms with van der Waals surface area (Å²) in [6.45, 7) is 2.15. The summed E-state index contributed by atoms with van der Waals surface area (Å²) in [6, 6.07) is 8.57. The maximum absolute atomic E-state index is 12.7. The van der Waals surface area contributed by atoms with Crippen molar-refractivity contribution in [1.82, 2.24) is 21.1 Å². The molecule has 166 valence electrons. The SMILES string of the molecule is CCC(=O)OCC1OCCC1P(=O)(O)c1ccccc1.N.Nc1nc(N)nc(N)n1. The Balaban J connectivity index is 0.000000379. The van der Waals surface area contributed by atoms with Gasteiger partial charge < -0.3 is 37.7 Å². The standard InChI is InChI=1S/C14H19O5P.C3H6N6.H3N/c1-2-14(15)19-10-12-13(8-9-18-12)20(16,17)11-6-4-3-5-7-11;4-1-7-2(5)9-3(6)8-1;/h3-7,12-13H,2,8-10H2,1H3,(H,16,17);(H6,4,5,6,7,8,9);1H3. The van der Waals surface area contributed by atoms with Crippen LogP contribution in [0, 0.1) is 0 Å². The molecule has 13 heteroatoms. The monoisotopic (exact) mass is 441 g/mol. The molecule has 2 aromatic rings. The van der Waals surface area contributed by atoms with Gasteiger partial charge in [-0.3, -0.25) is 9.36 Å². The average molecular weight is 441 g/mol. The molecule has 1 saturated heterocycles. The summed E-state index contributed by atoms with van der Waals surface area (Å²) in [7, 11) is -3.53. The second kappa shape index (κ2) is 11.4. The molecule has 2 heterocycles. The molecule has 0 aliphatic carbocycles. The van der Waals surface area contributed by atoms with Gasteiger partial charge in [0.15, 0.2) is 0 Å². The molecule has 1 aromatic carbocycles. The molecule has 1 aliphatic rings. The number of nitrogens with two attached hydrogens (primary N) is 3. The van der Waals surface area contributed by atoms with Crippen molar-refractivity contribution in [2.75, 3.05) is 30.4 Å². The van der Waals surface area contributed by atoms with E-state index in [0.29, 0.717) is 18.3 Å². The second-order valence-electron chi connectivity index (χ2n) is 6.17. The number of esters is 1. The molecule has 0 saturated carbocycles. The Kier molecular flexibility index (Phi) is 9.60. The van der Waals surface area contributed by atoms with E-state index in [2.05, 4.69) is 15.0 Å². The third-order valence-corrected chi connectivity index (χ3v) is 6.66. The molecule has 0 amide bonds. The van der Waals surface area contributed by atoms with Crippen LogP contribution in [0.2, 0.25) is 0 Å².